The molecule has 2 aliphatic heterocycles. The Morgan fingerprint density at radius 3 is 2.91 bits per heavy atom. The van der Waals surface area contributed by atoms with E-state index in [2.05, 4.69) is 4.99 Å². The standard InChI is InChI=1S/C15H14F3N3OS/c16-4-10-2-9-6-23-14(20)21-15(9,7-22-10)11-1-8(5-19)12(17)3-13(11)18/h1,3,9-10H,2,4,6-7H2,(H2,20,21). The molecule has 3 atom stereocenters. The molecule has 0 aromatic heterocycles. The molecule has 1 fully saturated rings. The Morgan fingerprint density at radius 2 is 2.22 bits per heavy atom. The minimum atomic E-state index is -1.15. The third-order valence-corrected chi connectivity index (χ3v) is 5.28. The number of amidine groups is 1. The van der Waals surface area contributed by atoms with Crippen molar-refractivity contribution in [3.05, 3.63) is 34.9 Å². The van der Waals surface area contributed by atoms with Crippen LogP contribution in [-0.2, 0) is 10.3 Å². The number of thioether (sulfide) groups is 1. The number of hydrogen-bond acceptors (Lipinski definition) is 5. The van der Waals surface area contributed by atoms with Crippen LogP contribution >= 0.6 is 11.8 Å². The molecular weight excluding hydrogens is 327 g/mol. The first kappa shape index (κ1) is 16.1. The number of halogens is 3. The predicted molar refractivity (Wildman–Crippen MR) is 80.7 cm³/mol. The molecule has 0 spiro atoms. The monoisotopic (exact) mass is 341 g/mol. The second kappa shape index (κ2) is 6.06. The maximum atomic E-state index is 14.4. The number of alkyl halides is 1. The number of ether oxygens (including phenoxy) is 1. The van der Waals surface area contributed by atoms with E-state index in [0.29, 0.717) is 18.2 Å². The van der Waals surface area contributed by atoms with Crippen molar-refractivity contribution in [1.82, 2.24) is 0 Å². The van der Waals surface area contributed by atoms with Crippen LogP contribution in [0.4, 0.5) is 13.2 Å². The maximum absolute atomic E-state index is 14.4. The highest BCUT2D eigenvalue weighted by atomic mass is 32.2. The average molecular weight is 341 g/mol. The van der Waals surface area contributed by atoms with E-state index >= 15 is 0 Å². The molecule has 0 bridgehead atoms. The molecule has 23 heavy (non-hydrogen) atoms. The minimum absolute atomic E-state index is 0.0546. The van der Waals surface area contributed by atoms with E-state index in [-0.39, 0.29) is 28.8 Å². The third kappa shape index (κ3) is 2.68. The summed E-state index contributed by atoms with van der Waals surface area (Å²) in [6.45, 7) is -0.688. The molecule has 2 N–H and O–H groups in total. The second-order valence-corrected chi connectivity index (χ2v) is 6.67. The second-order valence-electron chi connectivity index (χ2n) is 5.63. The fourth-order valence-electron chi connectivity index (χ4n) is 3.12. The summed E-state index contributed by atoms with van der Waals surface area (Å²) in [7, 11) is 0. The maximum Gasteiger partial charge on any atom is 0.154 e. The Bertz CT molecular complexity index is 706. The molecule has 8 heteroatoms. The van der Waals surface area contributed by atoms with Gasteiger partial charge in [-0.15, -0.1) is 0 Å². The molecule has 3 unspecified atom stereocenters. The predicted octanol–water partition coefficient (Wildman–Crippen LogP) is 2.47. The van der Waals surface area contributed by atoms with Gasteiger partial charge in [-0.1, -0.05) is 11.8 Å². The normalized spacial score (nSPS) is 30.3. The molecule has 0 aliphatic carbocycles. The van der Waals surface area contributed by atoms with Gasteiger partial charge in [-0.3, -0.25) is 0 Å². The zero-order valence-electron chi connectivity index (χ0n) is 12.1. The van der Waals surface area contributed by atoms with Crippen molar-refractivity contribution in [2.45, 2.75) is 18.1 Å². The highest BCUT2D eigenvalue weighted by molar-refractivity contribution is 8.13. The van der Waals surface area contributed by atoms with Gasteiger partial charge >= 0.3 is 0 Å². The first-order valence-electron chi connectivity index (χ1n) is 7.05. The van der Waals surface area contributed by atoms with Crippen LogP contribution in [0.3, 0.4) is 0 Å². The van der Waals surface area contributed by atoms with Gasteiger partial charge in [0.1, 0.15) is 29.9 Å². The summed E-state index contributed by atoms with van der Waals surface area (Å²) >= 11 is 1.32. The van der Waals surface area contributed by atoms with Crippen molar-refractivity contribution in [2.75, 3.05) is 19.0 Å². The Hall–Kier alpha value is -1.72. The molecule has 122 valence electrons. The number of hydrogen-bond donors (Lipinski definition) is 1. The molecule has 4 nitrogen and oxygen atoms in total. The number of nitrogens with two attached hydrogens (primary N) is 1. The largest absolute Gasteiger partial charge is 0.379 e. The molecule has 1 saturated heterocycles. The highest BCUT2D eigenvalue weighted by Crippen LogP contribution is 2.47. The molecule has 3 rings (SSSR count). The van der Waals surface area contributed by atoms with Crippen LogP contribution in [0, 0.1) is 28.9 Å². The topological polar surface area (TPSA) is 71.4 Å². The lowest BCUT2D eigenvalue weighted by Crippen LogP contribution is -2.51. The molecule has 0 radical (unpaired) electrons. The van der Waals surface area contributed by atoms with Gasteiger partial charge in [0.25, 0.3) is 0 Å². The molecule has 2 aliphatic rings. The van der Waals surface area contributed by atoms with Gasteiger partial charge in [-0.2, -0.15) is 5.26 Å². The highest BCUT2D eigenvalue weighted by Gasteiger charge is 2.49. The quantitative estimate of drug-likeness (QED) is 0.897. The fourth-order valence-corrected chi connectivity index (χ4v) is 4.13. The van der Waals surface area contributed by atoms with Crippen LogP contribution in [0.15, 0.2) is 17.1 Å². The molecule has 2 heterocycles. The number of rotatable bonds is 2. The van der Waals surface area contributed by atoms with Crippen molar-refractivity contribution in [3.8, 4) is 6.07 Å². The van der Waals surface area contributed by atoms with E-state index in [0.717, 1.165) is 6.07 Å². The Morgan fingerprint density at radius 1 is 1.43 bits per heavy atom. The number of benzene rings is 1. The lowest BCUT2D eigenvalue weighted by Gasteiger charge is -2.45. The average Bonchev–Trinajstić information content (AvgIpc) is 2.54. The molecule has 1 aromatic carbocycles. The van der Waals surface area contributed by atoms with Gasteiger partial charge < -0.3 is 10.5 Å². The van der Waals surface area contributed by atoms with Gasteiger partial charge in [0.15, 0.2) is 5.17 Å². The summed E-state index contributed by atoms with van der Waals surface area (Å²) in [5.41, 5.74) is 4.46. The van der Waals surface area contributed by atoms with E-state index < -0.39 is 30.0 Å². The molecule has 0 amide bonds. The zero-order valence-corrected chi connectivity index (χ0v) is 12.9. The fraction of sp³-hybridized carbons (Fsp3) is 0.467. The Kier molecular flexibility index (Phi) is 4.25. The van der Waals surface area contributed by atoms with Gasteiger partial charge in [0.2, 0.25) is 0 Å². The van der Waals surface area contributed by atoms with Crippen LogP contribution in [0.5, 0.6) is 0 Å². The summed E-state index contributed by atoms with van der Waals surface area (Å²) < 4.78 is 46.4. The van der Waals surface area contributed by atoms with Gasteiger partial charge in [0.05, 0.1) is 18.3 Å². The summed E-state index contributed by atoms with van der Waals surface area (Å²) in [6.07, 6.45) is -0.207. The lowest BCUT2D eigenvalue weighted by molar-refractivity contribution is -0.0653. The third-order valence-electron chi connectivity index (χ3n) is 4.32. The summed E-state index contributed by atoms with van der Waals surface area (Å²) in [5.74, 6) is -1.41. The SMILES string of the molecule is N#Cc1cc(C23COC(CF)CC2CSC(N)=N3)c(F)cc1F. The molecule has 1 aromatic rings. The van der Waals surface area contributed by atoms with Crippen LogP contribution < -0.4 is 5.73 Å². The zero-order chi connectivity index (χ0) is 16.6. The van der Waals surface area contributed by atoms with Gasteiger partial charge in [-0.25, -0.2) is 18.2 Å². The van der Waals surface area contributed by atoms with Gasteiger partial charge in [0, 0.05) is 23.3 Å². The van der Waals surface area contributed by atoms with E-state index in [4.69, 9.17) is 15.7 Å². The summed E-state index contributed by atoms with van der Waals surface area (Å²) in [5, 5.41) is 9.27. The van der Waals surface area contributed by atoms with E-state index in [1.165, 1.54) is 11.8 Å². The Balaban J connectivity index is 2.14. The minimum Gasteiger partial charge on any atom is -0.379 e. The first-order chi connectivity index (χ1) is 11.0. The van der Waals surface area contributed by atoms with Crippen LogP contribution in [-0.4, -0.2) is 30.3 Å². The first-order valence-corrected chi connectivity index (χ1v) is 8.04. The van der Waals surface area contributed by atoms with Gasteiger partial charge in [-0.05, 0) is 12.5 Å². The number of nitrogens with zero attached hydrogens (tertiary/aromatic N) is 2. The van der Waals surface area contributed by atoms with Crippen molar-refractivity contribution >= 4 is 16.9 Å². The van der Waals surface area contributed by atoms with Crippen molar-refractivity contribution in [2.24, 2.45) is 16.6 Å². The van der Waals surface area contributed by atoms with Crippen molar-refractivity contribution in [1.29, 1.82) is 5.26 Å². The van der Waals surface area contributed by atoms with Crippen LogP contribution in [0.25, 0.3) is 0 Å². The number of fused-ring (bicyclic) bond motifs is 1. The van der Waals surface area contributed by atoms with Crippen LogP contribution in [0.1, 0.15) is 17.5 Å². The smallest absolute Gasteiger partial charge is 0.154 e. The molecule has 0 saturated carbocycles. The van der Waals surface area contributed by atoms with Crippen LogP contribution in [0.2, 0.25) is 0 Å². The van der Waals surface area contributed by atoms with E-state index in [9.17, 15) is 13.2 Å². The number of nitriles is 1. The van der Waals surface area contributed by atoms with Crippen molar-refractivity contribution < 1.29 is 17.9 Å². The summed E-state index contributed by atoms with van der Waals surface area (Å²) in [6, 6.07) is 3.53. The van der Waals surface area contributed by atoms with E-state index in [1.54, 1.807) is 6.07 Å². The lowest BCUT2D eigenvalue weighted by atomic mass is 9.74. The molecular formula is C15H14F3N3OS. The van der Waals surface area contributed by atoms with Crippen molar-refractivity contribution in [3.63, 3.8) is 0 Å². The summed E-state index contributed by atoms with van der Waals surface area (Å²) in [4.78, 5) is 4.38. The Labute approximate surface area is 135 Å². The van der Waals surface area contributed by atoms with E-state index in [1.807, 2.05) is 0 Å². The number of aliphatic imine (C=N–C) groups is 1.